The van der Waals surface area contributed by atoms with Gasteiger partial charge >= 0.3 is 6.03 Å². The number of hydrogen-bond donors (Lipinski definition) is 1. The van der Waals surface area contributed by atoms with Crippen LogP contribution in [-0.2, 0) is 4.74 Å². The lowest BCUT2D eigenvalue weighted by atomic mass is 10.1. The molecule has 0 aromatic heterocycles. The van der Waals surface area contributed by atoms with E-state index >= 15 is 0 Å². The Hall–Kier alpha value is -0.810. The third-order valence-electron chi connectivity index (χ3n) is 3.85. The van der Waals surface area contributed by atoms with Gasteiger partial charge in [-0.2, -0.15) is 0 Å². The van der Waals surface area contributed by atoms with Gasteiger partial charge in [-0.25, -0.2) is 4.79 Å². The highest BCUT2D eigenvalue weighted by atomic mass is 16.5. The van der Waals surface area contributed by atoms with Crippen LogP contribution >= 0.6 is 0 Å². The molecular formula is C11H19N3O2. The second kappa shape index (κ2) is 4.22. The van der Waals surface area contributed by atoms with E-state index in [-0.39, 0.29) is 6.03 Å². The molecule has 5 heteroatoms. The number of hydrogen-bond acceptors (Lipinski definition) is 3. The molecule has 0 aliphatic carbocycles. The molecule has 3 saturated heterocycles. The number of amides is 2. The van der Waals surface area contributed by atoms with E-state index in [0.29, 0.717) is 12.1 Å². The Balaban J connectivity index is 1.62. The van der Waals surface area contributed by atoms with E-state index in [1.165, 1.54) is 6.42 Å². The van der Waals surface area contributed by atoms with Gasteiger partial charge in [0.05, 0.1) is 19.3 Å². The van der Waals surface area contributed by atoms with Crippen molar-refractivity contribution < 1.29 is 9.53 Å². The number of carbonyl (C=O) groups is 1. The lowest BCUT2D eigenvalue weighted by Gasteiger charge is -2.36. The summed E-state index contributed by atoms with van der Waals surface area (Å²) in [5.41, 5.74) is 0. The summed E-state index contributed by atoms with van der Waals surface area (Å²) < 4.78 is 5.15. The molecule has 0 spiro atoms. The van der Waals surface area contributed by atoms with Crippen LogP contribution in [0.1, 0.15) is 12.8 Å². The van der Waals surface area contributed by atoms with E-state index in [4.69, 9.17) is 4.74 Å². The van der Waals surface area contributed by atoms with E-state index in [1.807, 2.05) is 9.80 Å². The quantitative estimate of drug-likeness (QED) is 0.712. The molecule has 3 rings (SSSR count). The molecule has 0 saturated carbocycles. The molecule has 3 aliphatic heterocycles. The fourth-order valence-corrected chi connectivity index (χ4v) is 2.75. The van der Waals surface area contributed by atoms with Crippen molar-refractivity contribution in [2.24, 2.45) is 0 Å². The van der Waals surface area contributed by atoms with Crippen molar-refractivity contribution in [1.82, 2.24) is 15.1 Å². The third-order valence-corrected chi connectivity index (χ3v) is 3.85. The van der Waals surface area contributed by atoms with Crippen molar-refractivity contribution in [3.8, 4) is 0 Å². The fourth-order valence-electron chi connectivity index (χ4n) is 2.75. The van der Waals surface area contributed by atoms with Crippen LogP contribution in [-0.4, -0.2) is 67.3 Å². The van der Waals surface area contributed by atoms with Crippen molar-refractivity contribution in [2.45, 2.75) is 24.9 Å². The van der Waals surface area contributed by atoms with Gasteiger partial charge in [-0.1, -0.05) is 0 Å². The molecule has 3 heterocycles. The molecule has 0 aromatic rings. The predicted molar refractivity (Wildman–Crippen MR) is 59.3 cm³/mol. The predicted octanol–water partition coefficient (Wildman–Crippen LogP) is -0.125. The molecule has 5 nitrogen and oxygen atoms in total. The molecule has 0 aromatic carbocycles. The average molecular weight is 225 g/mol. The Morgan fingerprint density at radius 1 is 1.19 bits per heavy atom. The minimum atomic E-state index is 0.224. The number of urea groups is 1. The first-order valence-electron chi connectivity index (χ1n) is 6.22. The summed E-state index contributed by atoms with van der Waals surface area (Å²) in [5.74, 6) is 0. The smallest absolute Gasteiger partial charge is 0.320 e. The first-order valence-corrected chi connectivity index (χ1v) is 6.22. The number of rotatable bonds is 2. The van der Waals surface area contributed by atoms with Crippen molar-refractivity contribution in [2.75, 3.05) is 39.4 Å². The van der Waals surface area contributed by atoms with Crippen LogP contribution in [0.2, 0.25) is 0 Å². The van der Waals surface area contributed by atoms with Crippen molar-refractivity contribution in [1.29, 1.82) is 0 Å². The van der Waals surface area contributed by atoms with Gasteiger partial charge in [0.1, 0.15) is 0 Å². The SMILES string of the molecule is O=C1N(C2CCCNC2)CCN1C1COC1. The lowest BCUT2D eigenvalue weighted by molar-refractivity contribution is -0.0445. The number of ether oxygens (including phenoxy) is 1. The summed E-state index contributed by atoms with van der Waals surface area (Å²) >= 11 is 0. The van der Waals surface area contributed by atoms with E-state index in [9.17, 15) is 4.79 Å². The Kier molecular flexibility index (Phi) is 2.73. The monoisotopic (exact) mass is 225 g/mol. The zero-order chi connectivity index (χ0) is 11.0. The number of piperidine rings is 1. The highest BCUT2D eigenvalue weighted by molar-refractivity contribution is 5.77. The van der Waals surface area contributed by atoms with Crippen LogP contribution in [0.3, 0.4) is 0 Å². The zero-order valence-electron chi connectivity index (χ0n) is 9.52. The van der Waals surface area contributed by atoms with Crippen molar-refractivity contribution in [3.05, 3.63) is 0 Å². The average Bonchev–Trinajstić information content (AvgIpc) is 2.60. The summed E-state index contributed by atoms with van der Waals surface area (Å²) in [6.45, 7) is 5.27. The molecular weight excluding hydrogens is 206 g/mol. The van der Waals surface area contributed by atoms with E-state index in [0.717, 1.165) is 45.8 Å². The lowest BCUT2D eigenvalue weighted by Crippen LogP contribution is -2.53. The molecule has 16 heavy (non-hydrogen) atoms. The van der Waals surface area contributed by atoms with Gasteiger partial charge < -0.3 is 19.9 Å². The molecule has 90 valence electrons. The van der Waals surface area contributed by atoms with Gasteiger partial charge in [-0.3, -0.25) is 0 Å². The molecule has 1 atom stereocenters. The Morgan fingerprint density at radius 3 is 2.50 bits per heavy atom. The van der Waals surface area contributed by atoms with E-state index in [2.05, 4.69) is 5.32 Å². The molecule has 1 N–H and O–H groups in total. The van der Waals surface area contributed by atoms with E-state index in [1.54, 1.807) is 0 Å². The summed E-state index contributed by atoms with van der Waals surface area (Å²) in [6, 6.07) is 0.975. The number of carbonyl (C=O) groups excluding carboxylic acids is 1. The van der Waals surface area contributed by atoms with Crippen molar-refractivity contribution >= 4 is 6.03 Å². The second-order valence-corrected chi connectivity index (χ2v) is 4.86. The minimum absolute atomic E-state index is 0.224. The Bertz CT molecular complexity index is 274. The highest BCUT2D eigenvalue weighted by Crippen LogP contribution is 2.21. The molecule has 2 amide bonds. The van der Waals surface area contributed by atoms with Crippen LogP contribution in [0.15, 0.2) is 0 Å². The summed E-state index contributed by atoms with van der Waals surface area (Å²) in [6.07, 6.45) is 2.33. The van der Waals surface area contributed by atoms with Crippen LogP contribution in [0.5, 0.6) is 0 Å². The van der Waals surface area contributed by atoms with E-state index < -0.39 is 0 Å². The molecule has 3 aliphatic rings. The van der Waals surface area contributed by atoms with Crippen LogP contribution in [0.4, 0.5) is 4.79 Å². The largest absolute Gasteiger partial charge is 0.377 e. The van der Waals surface area contributed by atoms with Gasteiger partial charge in [0.15, 0.2) is 0 Å². The third kappa shape index (κ3) is 1.68. The first-order chi connectivity index (χ1) is 7.86. The number of nitrogens with zero attached hydrogens (tertiary/aromatic N) is 2. The summed E-state index contributed by atoms with van der Waals surface area (Å²) in [5, 5.41) is 3.37. The number of nitrogens with one attached hydrogen (secondary N) is 1. The highest BCUT2D eigenvalue weighted by Gasteiger charge is 2.39. The Labute approximate surface area is 95.7 Å². The molecule has 0 radical (unpaired) electrons. The van der Waals surface area contributed by atoms with Gasteiger partial charge in [-0.05, 0) is 19.4 Å². The zero-order valence-corrected chi connectivity index (χ0v) is 9.52. The minimum Gasteiger partial charge on any atom is -0.377 e. The van der Waals surface area contributed by atoms with Crippen LogP contribution in [0, 0.1) is 0 Å². The van der Waals surface area contributed by atoms with Crippen LogP contribution in [0.25, 0.3) is 0 Å². The maximum Gasteiger partial charge on any atom is 0.320 e. The van der Waals surface area contributed by atoms with Crippen LogP contribution < -0.4 is 5.32 Å². The maximum absolute atomic E-state index is 12.2. The normalized spacial score (nSPS) is 32.0. The standard InChI is InChI=1S/C11H19N3O2/c15-11-13(9-2-1-3-12-6-9)4-5-14(11)10-7-16-8-10/h9-10,12H,1-8H2. The van der Waals surface area contributed by atoms with Gasteiger partial charge in [0.2, 0.25) is 0 Å². The van der Waals surface area contributed by atoms with Gasteiger partial charge in [-0.15, -0.1) is 0 Å². The van der Waals surface area contributed by atoms with Crippen molar-refractivity contribution in [3.63, 3.8) is 0 Å². The summed E-state index contributed by atoms with van der Waals surface area (Å²) in [7, 11) is 0. The fraction of sp³-hybridized carbons (Fsp3) is 0.909. The topological polar surface area (TPSA) is 44.8 Å². The molecule has 3 fully saturated rings. The molecule has 0 bridgehead atoms. The molecule has 1 unspecified atom stereocenters. The maximum atomic E-state index is 12.2. The first kappa shape index (κ1) is 10.4. The summed E-state index contributed by atoms with van der Waals surface area (Å²) in [4.78, 5) is 16.2. The second-order valence-electron chi connectivity index (χ2n) is 4.86. The van der Waals surface area contributed by atoms with Gasteiger partial charge in [0.25, 0.3) is 0 Å². The van der Waals surface area contributed by atoms with Gasteiger partial charge in [0, 0.05) is 25.7 Å². The Morgan fingerprint density at radius 2 is 1.94 bits per heavy atom.